The Hall–Kier alpha value is -2.61. The van der Waals surface area contributed by atoms with Gasteiger partial charge in [0.15, 0.2) is 0 Å². The van der Waals surface area contributed by atoms with E-state index in [0.717, 1.165) is 21.0 Å². The average molecular weight is 391 g/mol. The zero-order valence-corrected chi connectivity index (χ0v) is 15.4. The molecule has 0 saturated heterocycles. The summed E-state index contributed by atoms with van der Waals surface area (Å²) in [7, 11) is 0. The number of aryl methyl sites for hydroxylation is 1. The topological polar surface area (TPSA) is 30.2 Å². The van der Waals surface area contributed by atoms with E-state index in [1.165, 1.54) is 4.46 Å². The second kappa shape index (κ2) is 6.72. The van der Waals surface area contributed by atoms with Crippen LogP contribution >= 0.6 is 0 Å². The van der Waals surface area contributed by atoms with Crippen LogP contribution in [0.3, 0.4) is 0 Å². The molecule has 0 aliphatic carbocycles. The molecule has 0 spiro atoms. The maximum absolute atomic E-state index is 12.6. The van der Waals surface area contributed by atoms with Gasteiger partial charge in [-0.3, -0.25) is 0 Å². The Morgan fingerprint density at radius 3 is 2.20 bits per heavy atom. The van der Waals surface area contributed by atoms with Crippen molar-refractivity contribution in [2.75, 3.05) is 0 Å². The van der Waals surface area contributed by atoms with E-state index in [-0.39, 0.29) is 20.6 Å². The summed E-state index contributed by atoms with van der Waals surface area (Å²) in [4.78, 5) is 12.6. The van der Waals surface area contributed by atoms with Gasteiger partial charge in [-0.2, -0.15) is 0 Å². The summed E-state index contributed by atoms with van der Waals surface area (Å²) < 4.78 is 8.16. The first-order chi connectivity index (χ1) is 12.2. The summed E-state index contributed by atoms with van der Waals surface area (Å²) >= 11 is 0.0388. The summed E-state index contributed by atoms with van der Waals surface area (Å²) in [6, 6.07) is 26.3. The molecule has 0 saturated carbocycles. The average Bonchev–Trinajstić information content (AvgIpc) is 2.65. The zero-order valence-electron chi connectivity index (χ0n) is 13.7. The minimum absolute atomic E-state index is 0.0388. The number of hydrogen-bond donors (Lipinski definition) is 0. The first-order valence-corrected chi connectivity index (χ1v) is 9.79. The van der Waals surface area contributed by atoms with E-state index in [4.69, 9.17) is 4.42 Å². The third kappa shape index (κ3) is 3.17. The molecule has 0 aliphatic rings. The Morgan fingerprint density at radius 1 is 0.800 bits per heavy atom. The molecule has 0 fully saturated rings. The standard InChI is InChI=1S/C22H16O2Se/c1-15-12-13-18-19(14-15)22(23)24-20(16-8-4-2-5-9-16)21(18)25-17-10-6-3-7-11-17/h2-14H,1H3. The maximum atomic E-state index is 12.6. The number of fused-ring (bicyclic) bond motifs is 1. The fourth-order valence-corrected chi connectivity index (χ4v) is 5.07. The molecule has 0 N–H and O–H groups in total. The SMILES string of the molecule is Cc1ccc2c([Se]c3ccccc3)c(-c3ccccc3)oc(=O)c2c1. The van der Waals surface area contributed by atoms with Crippen molar-refractivity contribution in [1.29, 1.82) is 0 Å². The van der Waals surface area contributed by atoms with E-state index in [1.807, 2.05) is 67.6 Å². The molecule has 4 rings (SSSR count). The van der Waals surface area contributed by atoms with E-state index in [1.54, 1.807) is 0 Å². The van der Waals surface area contributed by atoms with Crippen LogP contribution in [0.25, 0.3) is 22.1 Å². The van der Waals surface area contributed by atoms with Crippen molar-refractivity contribution in [3.05, 3.63) is 94.8 Å². The third-order valence-corrected chi connectivity index (χ3v) is 6.38. The van der Waals surface area contributed by atoms with Gasteiger partial charge in [0.25, 0.3) is 0 Å². The Morgan fingerprint density at radius 2 is 1.48 bits per heavy atom. The molecule has 4 aromatic rings. The van der Waals surface area contributed by atoms with Gasteiger partial charge >= 0.3 is 152 Å². The van der Waals surface area contributed by atoms with Crippen molar-refractivity contribution in [2.24, 2.45) is 0 Å². The number of rotatable bonds is 3. The van der Waals surface area contributed by atoms with Gasteiger partial charge in [0, 0.05) is 0 Å². The van der Waals surface area contributed by atoms with Crippen LogP contribution < -0.4 is 14.5 Å². The van der Waals surface area contributed by atoms with Gasteiger partial charge in [0.2, 0.25) is 0 Å². The molecule has 0 aliphatic heterocycles. The summed E-state index contributed by atoms with van der Waals surface area (Å²) in [6.45, 7) is 1.99. The van der Waals surface area contributed by atoms with Crippen LogP contribution in [0.2, 0.25) is 0 Å². The Labute approximate surface area is 152 Å². The first kappa shape index (κ1) is 15.9. The van der Waals surface area contributed by atoms with Crippen LogP contribution in [0.4, 0.5) is 0 Å². The van der Waals surface area contributed by atoms with Gasteiger partial charge in [-0.25, -0.2) is 0 Å². The van der Waals surface area contributed by atoms with Gasteiger partial charge in [-0.05, 0) is 0 Å². The molecular weight excluding hydrogens is 375 g/mol. The van der Waals surface area contributed by atoms with E-state index >= 15 is 0 Å². The number of benzene rings is 3. The summed E-state index contributed by atoms with van der Waals surface area (Å²) in [5.74, 6) is 0.686. The Kier molecular flexibility index (Phi) is 4.27. The van der Waals surface area contributed by atoms with Crippen molar-refractivity contribution in [1.82, 2.24) is 0 Å². The molecule has 0 bridgehead atoms. The van der Waals surface area contributed by atoms with Crippen LogP contribution in [0.5, 0.6) is 0 Å². The predicted molar refractivity (Wildman–Crippen MR) is 104 cm³/mol. The van der Waals surface area contributed by atoms with Crippen molar-refractivity contribution in [2.45, 2.75) is 6.92 Å². The molecule has 1 heterocycles. The van der Waals surface area contributed by atoms with Gasteiger partial charge in [0.1, 0.15) is 0 Å². The zero-order chi connectivity index (χ0) is 17.2. The normalized spacial score (nSPS) is 10.9. The monoisotopic (exact) mass is 392 g/mol. The molecule has 3 heteroatoms. The summed E-state index contributed by atoms with van der Waals surface area (Å²) in [5, 5.41) is 1.65. The molecule has 122 valence electrons. The van der Waals surface area contributed by atoms with E-state index in [0.29, 0.717) is 11.1 Å². The van der Waals surface area contributed by atoms with Gasteiger partial charge in [0.05, 0.1) is 0 Å². The van der Waals surface area contributed by atoms with Crippen LogP contribution in [0.15, 0.2) is 88.1 Å². The molecule has 2 nitrogen and oxygen atoms in total. The third-order valence-electron chi connectivity index (χ3n) is 4.04. The first-order valence-electron chi connectivity index (χ1n) is 8.08. The fourth-order valence-electron chi connectivity index (χ4n) is 2.83. The van der Waals surface area contributed by atoms with Gasteiger partial charge < -0.3 is 0 Å². The van der Waals surface area contributed by atoms with Crippen molar-refractivity contribution in [3.63, 3.8) is 0 Å². The van der Waals surface area contributed by atoms with Crippen molar-refractivity contribution < 1.29 is 4.42 Å². The molecular formula is C22H16O2Se. The summed E-state index contributed by atoms with van der Waals surface area (Å²) in [6.07, 6.45) is 0. The van der Waals surface area contributed by atoms with Crippen molar-refractivity contribution >= 4 is 34.7 Å². The Balaban J connectivity index is 2.02. The fraction of sp³-hybridized carbons (Fsp3) is 0.0455. The second-order valence-corrected chi connectivity index (χ2v) is 8.15. The van der Waals surface area contributed by atoms with E-state index < -0.39 is 0 Å². The summed E-state index contributed by atoms with van der Waals surface area (Å²) in [5.41, 5.74) is 1.73. The molecule has 0 unspecified atom stereocenters. The molecule has 1 aromatic heterocycles. The second-order valence-electron chi connectivity index (χ2n) is 5.88. The van der Waals surface area contributed by atoms with Gasteiger partial charge in [-0.15, -0.1) is 0 Å². The van der Waals surface area contributed by atoms with Crippen LogP contribution in [-0.2, 0) is 0 Å². The van der Waals surface area contributed by atoms with Crippen molar-refractivity contribution in [3.8, 4) is 11.3 Å². The predicted octanol–water partition coefficient (Wildman–Crippen LogP) is 3.42. The molecule has 25 heavy (non-hydrogen) atoms. The quantitative estimate of drug-likeness (QED) is 0.501. The Bertz CT molecular complexity index is 1080. The minimum atomic E-state index is -0.273. The van der Waals surface area contributed by atoms with Crippen LogP contribution in [-0.4, -0.2) is 15.0 Å². The van der Waals surface area contributed by atoms with Crippen LogP contribution in [0, 0.1) is 6.92 Å². The van der Waals surface area contributed by atoms with Crippen LogP contribution in [0.1, 0.15) is 5.56 Å². The molecule has 3 aromatic carbocycles. The number of hydrogen-bond acceptors (Lipinski definition) is 2. The van der Waals surface area contributed by atoms with E-state index in [2.05, 4.69) is 18.2 Å². The molecule has 0 amide bonds. The molecule has 0 atom stereocenters. The molecule has 0 radical (unpaired) electrons. The van der Waals surface area contributed by atoms with Gasteiger partial charge in [-0.1, -0.05) is 0 Å². The van der Waals surface area contributed by atoms with E-state index in [9.17, 15) is 4.79 Å².